The van der Waals surface area contributed by atoms with E-state index in [1.165, 1.54) is 26.2 Å². The molecule has 3 nitrogen and oxygen atoms in total. The van der Waals surface area contributed by atoms with Gasteiger partial charge < -0.3 is 5.32 Å². The number of Topliss-reactive ketones (excluding diaryl/α,β-unsaturated/α-hetero) is 1. The smallest absolute Gasteiger partial charge is 0.227 e. The quantitative estimate of drug-likeness (QED) is 0.699. The van der Waals surface area contributed by atoms with Crippen molar-refractivity contribution in [3.05, 3.63) is 0 Å². The summed E-state index contributed by atoms with van der Waals surface area (Å²) in [7, 11) is 0. The van der Waals surface area contributed by atoms with Crippen LogP contribution in [0.3, 0.4) is 0 Å². The minimum Gasteiger partial charge on any atom is -0.353 e. The second-order valence-corrected chi connectivity index (χ2v) is 4.31. The van der Waals surface area contributed by atoms with Gasteiger partial charge in [0.15, 0.2) is 0 Å². The van der Waals surface area contributed by atoms with Crippen LogP contribution in [0.4, 0.5) is 0 Å². The van der Waals surface area contributed by atoms with Crippen LogP contribution < -0.4 is 5.32 Å². The van der Waals surface area contributed by atoms with Crippen molar-refractivity contribution >= 4 is 11.7 Å². The molecule has 2 atom stereocenters. The number of rotatable bonds is 3. The average Bonchev–Trinajstić information content (AvgIpc) is 2.07. The molecule has 0 aromatic heterocycles. The second kappa shape index (κ2) is 5.13. The molecule has 80 valence electrons. The van der Waals surface area contributed by atoms with Crippen molar-refractivity contribution in [2.45, 2.75) is 52.0 Å². The lowest BCUT2D eigenvalue weighted by atomic mass is 9.86. The third-order valence-corrected chi connectivity index (χ3v) is 2.87. The van der Waals surface area contributed by atoms with E-state index in [-0.39, 0.29) is 24.2 Å². The van der Waals surface area contributed by atoms with Crippen LogP contribution in [-0.2, 0) is 9.59 Å². The van der Waals surface area contributed by atoms with Gasteiger partial charge in [-0.1, -0.05) is 19.8 Å². The SMILES string of the molecule is CC(=O)CC(=O)N[C@H]1CCCC[C@@H]1C. The van der Waals surface area contributed by atoms with Crippen LogP contribution >= 0.6 is 0 Å². The molecule has 0 heterocycles. The Morgan fingerprint density at radius 2 is 1.93 bits per heavy atom. The van der Waals surface area contributed by atoms with Crippen molar-refractivity contribution in [3.8, 4) is 0 Å². The molecule has 1 aliphatic carbocycles. The molecule has 1 rings (SSSR count). The summed E-state index contributed by atoms with van der Waals surface area (Å²) in [5.41, 5.74) is 0. The Bertz CT molecular complexity index is 225. The van der Waals surface area contributed by atoms with Gasteiger partial charge in [-0.2, -0.15) is 0 Å². The molecule has 1 fully saturated rings. The van der Waals surface area contributed by atoms with Crippen molar-refractivity contribution in [1.82, 2.24) is 5.32 Å². The fraction of sp³-hybridized carbons (Fsp3) is 0.818. The van der Waals surface area contributed by atoms with E-state index in [0.717, 1.165) is 6.42 Å². The first-order chi connectivity index (χ1) is 6.59. The zero-order valence-corrected chi connectivity index (χ0v) is 9.01. The van der Waals surface area contributed by atoms with Crippen molar-refractivity contribution in [3.63, 3.8) is 0 Å². The lowest BCUT2D eigenvalue weighted by molar-refractivity contribution is -0.128. The highest BCUT2D eigenvalue weighted by molar-refractivity contribution is 5.96. The topological polar surface area (TPSA) is 46.2 Å². The molecular weight excluding hydrogens is 178 g/mol. The Morgan fingerprint density at radius 3 is 2.50 bits per heavy atom. The zero-order valence-electron chi connectivity index (χ0n) is 9.01. The van der Waals surface area contributed by atoms with E-state index >= 15 is 0 Å². The number of carbonyl (C=O) groups is 2. The molecule has 0 aliphatic heterocycles. The van der Waals surface area contributed by atoms with Gasteiger partial charge in [-0.3, -0.25) is 9.59 Å². The van der Waals surface area contributed by atoms with Gasteiger partial charge in [-0.25, -0.2) is 0 Å². The molecule has 0 radical (unpaired) electrons. The van der Waals surface area contributed by atoms with E-state index in [0.29, 0.717) is 5.92 Å². The zero-order chi connectivity index (χ0) is 10.6. The molecule has 0 unspecified atom stereocenters. The molecule has 0 saturated heterocycles. The van der Waals surface area contributed by atoms with E-state index in [4.69, 9.17) is 0 Å². The molecule has 1 saturated carbocycles. The van der Waals surface area contributed by atoms with Gasteiger partial charge in [0.1, 0.15) is 5.78 Å². The van der Waals surface area contributed by atoms with Gasteiger partial charge in [0.25, 0.3) is 0 Å². The summed E-state index contributed by atoms with van der Waals surface area (Å²) in [6.07, 6.45) is 4.73. The van der Waals surface area contributed by atoms with Gasteiger partial charge in [-0.05, 0) is 25.7 Å². The lowest BCUT2D eigenvalue weighted by Gasteiger charge is -2.29. The molecule has 1 amide bonds. The van der Waals surface area contributed by atoms with E-state index in [9.17, 15) is 9.59 Å². The van der Waals surface area contributed by atoms with Crippen LogP contribution in [0.2, 0.25) is 0 Å². The number of hydrogen-bond donors (Lipinski definition) is 1. The standard InChI is InChI=1S/C11H19NO2/c1-8-5-3-4-6-10(8)12-11(14)7-9(2)13/h8,10H,3-7H2,1-2H3,(H,12,14)/t8-,10-/m0/s1. The fourth-order valence-electron chi connectivity index (χ4n) is 2.01. The summed E-state index contributed by atoms with van der Waals surface area (Å²) < 4.78 is 0. The largest absolute Gasteiger partial charge is 0.353 e. The molecule has 14 heavy (non-hydrogen) atoms. The summed E-state index contributed by atoms with van der Waals surface area (Å²) in [5, 5.41) is 2.94. The molecule has 0 bridgehead atoms. The first kappa shape index (κ1) is 11.2. The average molecular weight is 197 g/mol. The molecular formula is C11H19NO2. The predicted molar refractivity (Wildman–Crippen MR) is 54.9 cm³/mol. The number of amides is 1. The second-order valence-electron chi connectivity index (χ2n) is 4.31. The predicted octanol–water partition coefficient (Wildman–Crippen LogP) is 1.66. The summed E-state index contributed by atoms with van der Waals surface area (Å²) in [6.45, 7) is 3.61. The van der Waals surface area contributed by atoms with Crippen molar-refractivity contribution < 1.29 is 9.59 Å². The molecule has 0 spiro atoms. The molecule has 0 aromatic rings. The van der Waals surface area contributed by atoms with Crippen molar-refractivity contribution in [1.29, 1.82) is 0 Å². The van der Waals surface area contributed by atoms with Crippen LogP contribution in [0.1, 0.15) is 46.0 Å². The Balaban J connectivity index is 2.34. The first-order valence-corrected chi connectivity index (χ1v) is 5.38. The van der Waals surface area contributed by atoms with E-state index in [1.807, 2.05) is 0 Å². The van der Waals surface area contributed by atoms with Crippen molar-refractivity contribution in [2.24, 2.45) is 5.92 Å². The van der Waals surface area contributed by atoms with Crippen LogP contribution in [0, 0.1) is 5.92 Å². The van der Waals surface area contributed by atoms with Crippen molar-refractivity contribution in [2.75, 3.05) is 0 Å². The van der Waals surface area contributed by atoms with Crippen LogP contribution in [-0.4, -0.2) is 17.7 Å². The highest BCUT2D eigenvalue weighted by atomic mass is 16.2. The summed E-state index contributed by atoms with van der Waals surface area (Å²) in [5.74, 6) is 0.377. The van der Waals surface area contributed by atoms with Crippen LogP contribution in [0.15, 0.2) is 0 Å². The third kappa shape index (κ3) is 3.48. The molecule has 0 aromatic carbocycles. The minimum atomic E-state index is -0.115. The maximum atomic E-state index is 11.3. The van der Waals surface area contributed by atoms with Gasteiger partial charge in [0.05, 0.1) is 6.42 Å². The fourth-order valence-corrected chi connectivity index (χ4v) is 2.01. The Labute approximate surface area is 85.3 Å². The van der Waals surface area contributed by atoms with Gasteiger partial charge in [0, 0.05) is 6.04 Å². The highest BCUT2D eigenvalue weighted by Crippen LogP contribution is 2.23. The number of ketones is 1. The number of nitrogens with one attached hydrogen (secondary N) is 1. The number of hydrogen-bond acceptors (Lipinski definition) is 2. The first-order valence-electron chi connectivity index (χ1n) is 5.38. The molecule has 1 N–H and O–H groups in total. The van der Waals surface area contributed by atoms with Gasteiger partial charge >= 0.3 is 0 Å². The maximum absolute atomic E-state index is 11.3. The lowest BCUT2D eigenvalue weighted by Crippen LogP contribution is -2.41. The monoisotopic (exact) mass is 197 g/mol. The normalized spacial score (nSPS) is 27.0. The highest BCUT2D eigenvalue weighted by Gasteiger charge is 2.22. The van der Waals surface area contributed by atoms with E-state index in [1.54, 1.807) is 0 Å². The van der Waals surface area contributed by atoms with Gasteiger partial charge in [-0.15, -0.1) is 0 Å². The summed E-state index contributed by atoms with van der Waals surface area (Å²) in [6, 6.07) is 0.288. The van der Waals surface area contributed by atoms with Crippen LogP contribution in [0.5, 0.6) is 0 Å². The van der Waals surface area contributed by atoms with E-state index < -0.39 is 0 Å². The number of carbonyl (C=O) groups excluding carboxylic acids is 2. The van der Waals surface area contributed by atoms with Crippen LogP contribution in [0.25, 0.3) is 0 Å². The van der Waals surface area contributed by atoms with E-state index in [2.05, 4.69) is 12.2 Å². The Kier molecular flexibility index (Phi) is 4.11. The van der Waals surface area contributed by atoms with Gasteiger partial charge in [0.2, 0.25) is 5.91 Å². The third-order valence-electron chi connectivity index (χ3n) is 2.87. The minimum absolute atomic E-state index is 0.0310. The Morgan fingerprint density at radius 1 is 1.29 bits per heavy atom. The molecule has 3 heteroatoms. The summed E-state index contributed by atoms with van der Waals surface area (Å²) >= 11 is 0. The molecule has 1 aliphatic rings. The summed E-state index contributed by atoms with van der Waals surface area (Å²) in [4.78, 5) is 22.1. The maximum Gasteiger partial charge on any atom is 0.227 e. The Hall–Kier alpha value is -0.860.